The minimum absolute atomic E-state index is 0.132. The number of rotatable bonds is 4. The number of aromatic nitrogens is 1. The van der Waals surface area contributed by atoms with Crippen LogP contribution in [0.5, 0.6) is 0 Å². The second-order valence-electron chi connectivity index (χ2n) is 5.05. The van der Waals surface area contributed by atoms with Crippen LogP contribution in [0.25, 0.3) is 10.9 Å². The smallest absolute Gasteiger partial charge is 0.0702 e. The molecule has 2 aromatic rings. The molecule has 0 bridgehead atoms. The Morgan fingerprint density at radius 1 is 1.42 bits per heavy atom. The summed E-state index contributed by atoms with van der Waals surface area (Å²) in [6.07, 6.45) is 5.34. The van der Waals surface area contributed by atoms with Crippen molar-refractivity contribution < 1.29 is 4.74 Å². The third-order valence-electron chi connectivity index (χ3n) is 3.75. The van der Waals surface area contributed by atoms with E-state index in [-0.39, 0.29) is 6.04 Å². The summed E-state index contributed by atoms with van der Waals surface area (Å²) in [5, 5.41) is 1.15. The summed E-state index contributed by atoms with van der Waals surface area (Å²) in [5.41, 5.74) is 5.12. The Hall–Kier alpha value is -1.49. The summed E-state index contributed by atoms with van der Waals surface area (Å²) in [5.74, 6) is 5.71. The molecule has 4 heteroatoms. The SMILES string of the molecule is NNC(CC1CCCO1)c1ccc2ncccc2c1. The number of hydrogen-bond acceptors (Lipinski definition) is 4. The number of hydrazine groups is 1. The van der Waals surface area contributed by atoms with E-state index in [9.17, 15) is 0 Å². The van der Waals surface area contributed by atoms with Gasteiger partial charge in [-0.2, -0.15) is 0 Å². The van der Waals surface area contributed by atoms with E-state index >= 15 is 0 Å². The van der Waals surface area contributed by atoms with Crippen molar-refractivity contribution in [2.45, 2.75) is 31.4 Å². The maximum atomic E-state index is 5.71. The molecule has 1 aromatic heterocycles. The third kappa shape index (κ3) is 2.76. The minimum Gasteiger partial charge on any atom is -0.378 e. The van der Waals surface area contributed by atoms with Crippen LogP contribution in [0.2, 0.25) is 0 Å². The van der Waals surface area contributed by atoms with Crippen molar-refractivity contribution in [2.75, 3.05) is 6.61 Å². The van der Waals surface area contributed by atoms with Crippen LogP contribution in [-0.2, 0) is 4.74 Å². The Morgan fingerprint density at radius 3 is 3.16 bits per heavy atom. The van der Waals surface area contributed by atoms with Crippen LogP contribution in [0.1, 0.15) is 30.9 Å². The van der Waals surface area contributed by atoms with Crippen LogP contribution in [-0.4, -0.2) is 17.7 Å². The summed E-state index contributed by atoms with van der Waals surface area (Å²) in [6, 6.07) is 10.5. The fraction of sp³-hybridized carbons (Fsp3) is 0.400. The van der Waals surface area contributed by atoms with E-state index in [2.05, 4.69) is 28.6 Å². The van der Waals surface area contributed by atoms with E-state index in [4.69, 9.17) is 10.6 Å². The summed E-state index contributed by atoms with van der Waals surface area (Å²) in [7, 11) is 0. The molecular weight excluding hydrogens is 238 g/mol. The molecule has 1 aliphatic rings. The molecule has 1 aromatic carbocycles. The zero-order chi connectivity index (χ0) is 13.1. The van der Waals surface area contributed by atoms with E-state index in [1.165, 1.54) is 5.56 Å². The van der Waals surface area contributed by atoms with Crippen molar-refractivity contribution in [2.24, 2.45) is 5.84 Å². The lowest BCUT2D eigenvalue weighted by molar-refractivity contribution is 0.0946. The Balaban J connectivity index is 1.83. The van der Waals surface area contributed by atoms with Gasteiger partial charge in [0.25, 0.3) is 0 Å². The topological polar surface area (TPSA) is 60.2 Å². The molecule has 2 unspecified atom stereocenters. The molecule has 0 radical (unpaired) electrons. The lowest BCUT2D eigenvalue weighted by Gasteiger charge is -2.20. The Morgan fingerprint density at radius 2 is 2.37 bits per heavy atom. The van der Waals surface area contributed by atoms with Gasteiger partial charge >= 0.3 is 0 Å². The average Bonchev–Trinajstić information content (AvgIpc) is 2.97. The molecule has 3 N–H and O–H groups in total. The maximum absolute atomic E-state index is 5.71. The van der Waals surface area contributed by atoms with Gasteiger partial charge in [-0.1, -0.05) is 12.1 Å². The van der Waals surface area contributed by atoms with Gasteiger partial charge in [0.2, 0.25) is 0 Å². The first-order chi connectivity index (χ1) is 9.36. The van der Waals surface area contributed by atoms with Gasteiger partial charge < -0.3 is 4.74 Å². The van der Waals surface area contributed by atoms with Crippen LogP contribution in [0.15, 0.2) is 36.5 Å². The van der Waals surface area contributed by atoms with Gasteiger partial charge in [0.1, 0.15) is 0 Å². The quantitative estimate of drug-likeness (QED) is 0.652. The molecular formula is C15H19N3O. The highest BCUT2D eigenvalue weighted by Crippen LogP contribution is 2.26. The summed E-state index contributed by atoms with van der Waals surface area (Å²) < 4.78 is 5.69. The molecule has 1 fully saturated rings. The molecule has 1 saturated heterocycles. The first-order valence-electron chi connectivity index (χ1n) is 6.79. The van der Waals surface area contributed by atoms with E-state index in [0.29, 0.717) is 6.10 Å². The fourth-order valence-corrected chi connectivity index (χ4v) is 2.70. The molecule has 19 heavy (non-hydrogen) atoms. The van der Waals surface area contributed by atoms with Gasteiger partial charge in [0.05, 0.1) is 11.6 Å². The van der Waals surface area contributed by atoms with Crippen molar-refractivity contribution >= 4 is 10.9 Å². The summed E-state index contributed by atoms with van der Waals surface area (Å²) in [6.45, 7) is 0.879. The van der Waals surface area contributed by atoms with Gasteiger partial charge in [0.15, 0.2) is 0 Å². The number of fused-ring (bicyclic) bond motifs is 1. The van der Waals surface area contributed by atoms with Gasteiger partial charge in [-0.3, -0.25) is 16.3 Å². The van der Waals surface area contributed by atoms with E-state index in [0.717, 1.165) is 36.8 Å². The molecule has 2 atom stereocenters. The highest BCUT2D eigenvalue weighted by atomic mass is 16.5. The molecule has 3 rings (SSSR count). The second kappa shape index (κ2) is 5.65. The van der Waals surface area contributed by atoms with Crippen LogP contribution in [0, 0.1) is 0 Å². The average molecular weight is 257 g/mol. The number of nitrogens with one attached hydrogen (secondary N) is 1. The predicted molar refractivity (Wildman–Crippen MR) is 75.4 cm³/mol. The van der Waals surface area contributed by atoms with Crippen LogP contribution in [0.3, 0.4) is 0 Å². The van der Waals surface area contributed by atoms with Crippen LogP contribution < -0.4 is 11.3 Å². The van der Waals surface area contributed by atoms with Crippen LogP contribution >= 0.6 is 0 Å². The number of nitrogens with zero attached hydrogens (tertiary/aromatic N) is 1. The molecule has 0 saturated carbocycles. The molecule has 0 spiro atoms. The van der Waals surface area contributed by atoms with Crippen molar-refractivity contribution in [1.82, 2.24) is 10.4 Å². The van der Waals surface area contributed by atoms with Crippen LogP contribution in [0.4, 0.5) is 0 Å². The van der Waals surface area contributed by atoms with Gasteiger partial charge in [-0.15, -0.1) is 0 Å². The fourth-order valence-electron chi connectivity index (χ4n) is 2.70. The first kappa shape index (κ1) is 12.5. The molecule has 2 heterocycles. The Kier molecular flexibility index (Phi) is 3.73. The van der Waals surface area contributed by atoms with E-state index < -0.39 is 0 Å². The normalized spacial score (nSPS) is 20.8. The van der Waals surface area contributed by atoms with E-state index in [1.807, 2.05) is 18.3 Å². The zero-order valence-electron chi connectivity index (χ0n) is 10.9. The number of nitrogens with two attached hydrogens (primary N) is 1. The van der Waals surface area contributed by atoms with Gasteiger partial charge in [-0.25, -0.2) is 0 Å². The molecule has 100 valence electrons. The van der Waals surface area contributed by atoms with Crippen molar-refractivity contribution in [1.29, 1.82) is 0 Å². The second-order valence-corrected chi connectivity index (χ2v) is 5.05. The van der Waals surface area contributed by atoms with Crippen molar-refractivity contribution in [3.05, 3.63) is 42.1 Å². The molecule has 4 nitrogen and oxygen atoms in total. The number of hydrogen-bond donors (Lipinski definition) is 2. The summed E-state index contributed by atoms with van der Waals surface area (Å²) in [4.78, 5) is 4.33. The standard InChI is InChI=1S/C15H19N3O/c16-18-15(10-13-4-2-8-19-13)12-5-6-14-11(9-12)3-1-7-17-14/h1,3,5-7,9,13,15,18H,2,4,8,10,16H2. The Labute approximate surface area is 112 Å². The monoisotopic (exact) mass is 257 g/mol. The number of benzene rings is 1. The summed E-state index contributed by atoms with van der Waals surface area (Å²) >= 11 is 0. The van der Waals surface area contributed by atoms with Crippen molar-refractivity contribution in [3.8, 4) is 0 Å². The molecule has 0 amide bonds. The van der Waals surface area contributed by atoms with Gasteiger partial charge in [0, 0.05) is 24.2 Å². The predicted octanol–water partition coefficient (Wildman–Crippen LogP) is 2.31. The highest BCUT2D eigenvalue weighted by Gasteiger charge is 2.21. The largest absolute Gasteiger partial charge is 0.378 e. The van der Waals surface area contributed by atoms with Gasteiger partial charge in [-0.05, 0) is 43.0 Å². The third-order valence-corrected chi connectivity index (χ3v) is 3.75. The lowest BCUT2D eigenvalue weighted by atomic mass is 9.98. The lowest BCUT2D eigenvalue weighted by Crippen LogP contribution is -2.30. The maximum Gasteiger partial charge on any atom is 0.0702 e. The number of pyridine rings is 1. The first-order valence-corrected chi connectivity index (χ1v) is 6.79. The molecule has 1 aliphatic heterocycles. The zero-order valence-corrected chi connectivity index (χ0v) is 10.9. The van der Waals surface area contributed by atoms with Crippen molar-refractivity contribution in [3.63, 3.8) is 0 Å². The Bertz CT molecular complexity index is 552. The minimum atomic E-state index is 0.132. The van der Waals surface area contributed by atoms with E-state index in [1.54, 1.807) is 0 Å². The highest BCUT2D eigenvalue weighted by molar-refractivity contribution is 5.79. The number of ether oxygens (including phenoxy) is 1. The molecule has 0 aliphatic carbocycles.